The van der Waals surface area contributed by atoms with Gasteiger partial charge in [0.05, 0.1) is 17.8 Å². The fourth-order valence-corrected chi connectivity index (χ4v) is 4.57. The maximum Gasteiger partial charge on any atom is 0.230 e. The highest BCUT2D eigenvalue weighted by molar-refractivity contribution is 7.13. The number of carbonyl (C=O) groups is 1. The Bertz CT molecular complexity index is 1420. The second-order valence-electron chi connectivity index (χ2n) is 7.64. The largest absolute Gasteiger partial charge is 0.356 e. The third kappa shape index (κ3) is 4.02. The zero-order valence-corrected chi connectivity index (χ0v) is 18.4. The number of amides is 1. The van der Waals surface area contributed by atoms with Crippen LogP contribution in [-0.2, 0) is 11.2 Å². The van der Waals surface area contributed by atoms with Crippen LogP contribution in [0.2, 0.25) is 0 Å². The van der Waals surface area contributed by atoms with Crippen molar-refractivity contribution in [3.8, 4) is 22.0 Å². The van der Waals surface area contributed by atoms with Gasteiger partial charge in [-0.1, -0.05) is 29.4 Å². The van der Waals surface area contributed by atoms with Gasteiger partial charge in [0.15, 0.2) is 5.58 Å². The summed E-state index contributed by atoms with van der Waals surface area (Å²) in [5.41, 5.74) is 6.84. The number of carbonyl (C=O) groups excluding carboxylic acids is 1. The molecule has 0 fully saturated rings. The molecular weight excluding hydrogens is 420 g/mol. The van der Waals surface area contributed by atoms with Crippen LogP contribution in [0.3, 0.4) is 0 Å². The van der Waals surface area contributed by atoms with Gasteiger partial charge < -0.3 is 9.84 Å². The Morgan fingerprint density at radius 2 is 1.97 bits per heavy atom. The molecule has 0 aliphatic rings. The topological polar surface area (TPSA) is 80.9 Å². The third-order valence-electron chi connectivity index (χ3n) is 5.14. The zero-order valence-electron chi connectivity index (χ0n) is 17.6. The van der Waals surface area contributed by atoms with Crippen molar-refractivity contribution in [3.63, 3.8) is 0 Å². The second kappa shape index (κ2) is 8.36. The van der Waals surface area contributed by atoms with E-state index < -0.39 is 0 Å². The average Bonchev–Trinajstić information content (AvgIpc) is 3.42. The van der Waals surface area contributed by atoms with E-state index in [0.717, 1.165) is 38.5 Å². The van der Waals surface area contributed by atoms with Gasteiger partial charge in [-0.15, -0.1) is 11.3 Å². The van der Waals surface area contributed by atoms with Crippen molar-refractivity contribution in [3.05, 3.63) is 83.0 Å². The summed E-state index contributed by atoms with van der Waals surface area (Å²) in [5.74, 6) is -0.148. The highest BCUT2D eigenvalue weighted by Crippen LogP contribution is 2.29. The van der Waals surface area contributed by atoms with Crippen LogP contribution in [0.1, 0.15) is 16.8 Å². The molecule has 0 spiro atoms. The molecule has 0 atom stereocenters. The fourth-order valence-electron chi connectivity index (χ4n) is 3.77. The van der Waals surface area contributed by atoms with Crippen LogP contribution in [0.5, 0.6) is 0 Å². The first-order valence-corrected chi connectivity index (χ1v) is 11.1. The standard InChI is InChI=1S/C25H20N4O2S/c1-15-10-16(2)24-20(29-31-22(24)11-15)13-23(30)27-18-7-5-6-17(12-18)21-14-32-25(28-21)19-8-3-4-9-26-19/h3-12,14H,13H2,1-2H3,(H,27,30). The third-order valence-corrected chi connectivity index (χ3v) is 6.01. The van der Waals surface area contributed by atoms with Gasteiger partial charge in [-0.25, -0.2) is 4.98 Å². The van der Waals surface area contributed by atoms with Gasteiger partial charge in [-0.05, 0) is 55.3 Å². The molecule has 1 N–H and O–H groups in total. The van der Waals surface area contributed by atoms with Crippen LogP contribution in [-0.4, -0.2) is 21.0 Å². The molecule has 0 bridgehead atoms. The Labute approximate surface area is 189 Å². The predicted molar refractivity (Wildman–Crippen MR) is 127 cm³/mol. The lowest BCUT2D eigenvalue weighted by Crippen LogP contribution is -2.14. The minimum atomic E-state index is -0.148. The molecule has 0 saturated carbocycles. The van der Waals surface area contributed by atoms with E-state index in [4.69, 9.17) is 9.51 Å². The SMILES string of the molecule is Cc1cc(C)c2c(CC(=O)Nc3cccc(-c4csc(-c5ccccn5)n4)c3)noc2c1. The predicted octanol–water partition coefficient (Wildman–Crippen LogP) is 5.81. The maximum absolute atomic E-state index is 12.7. The molecule has 0 aliphatic heterocycles. The second-order valence-corrected chi connectivity index (χ2v) is 8.50. The van der Waals surface area contributed by atoms with Gasteiger partial charge >= 0.3 is 0 Å². The van der Waals surface area contributed by atoms with Gasteiger partial charge in [-0.3, -0.25) is 9.78 Å². The highest BCUT2D eigenvalue weighted by Gasteiger charge is 2.15. The van der Waals surface area contributed by atoms with E-state index in [1.54, 1.807) is 17.5 Å². The number of hydrogen-bond acceptors (Lipinski definition) is 6. The van der Waals surface area contributed by atoms with Crippen molar-refractivity contribution in [2.45, 2.75) is 20.3 Å². The molecule has 0 radical (unpaired) electrons. The summed E-state index contributed by atoms with van der Waals surface area (Å²) in [5, 5.41) is 10.9. The van der Waals surface area contributed by atoms with Crippen LogP contribution in [0.4, 0.5) is 5.69 Å². The average molecular weight is 441 g/mol. The monoisotopic (exact) mass is 440 g/mol. The lowest BCUT2D eigenvalue weighted by Gasteiger charge is -2.06. The number of rotatable bonds is 5. The summed E-state index contributed by atoms with van der Waals surface area (Å²) in [4.78, 5) is 21.8. The van der Waals surface area contributed by atoms with Crippen molar-refractivity contribution >= 4 is 33.9 Å². The summed E-state index contributed by atoms with van der Waals surface area (Å²) in [7, 11) is 0. The van der Waals surface area contributed by atoms with Crippen molar-refractivity contribution in [1.82, 2.24) is 15.1 Å². The molecule has 1 amide bonds. The van der Waals surface area contributed by atoms with Gasteiger partial charge in [0.2, 0.25) is 5.91 Å². The number of aromatic nitrogens is 3. The van der Waals surface area contributed by atoms with E-state index >= 15 is 0 Å². The smallest absolute Gasteiger partial charge is 0.230 e. The van der Waals surface area contributed by atoms with E-state index in [9.17, 15) is 4.79 Å². The number of hydrogen-bond donors (Lipinski definition) is 1. The number of benzene rings is 2. The number of aryl methyl sites for hydroxylation is 2. The summed E-state index contributed by atoms with van der Waals surface area (Å²) in [6, 6.07) is 17.4. The van der Waals surface area contributed by atoms with Gasteiger partial charge in [0.1, 0.15) is 10.7 Å². The number of pyridine rings is 1. The summed E-state index contributed by atoms with van der Waals surface area (Å²) in [6.45, 7) is 4.01. The minimum Gasteiger partial charge on any atom is -0.356 e. The van der Waals surface area contributed by atoms with E-state index in [1.165, 1.54) is 0 Å². The first kappa shape index (κ1) is 20.1. The molecule has 2 aromatic carbocycles. The van der Waals surface area contributed by atoms with Crippen LogP contribution in [0.15, 0.2) is 70.7 Å². The number of nitrogens with one attached hydrogen (secondary N) is 1. The molecule has 0 aliphatic carbocycles. The van der Waals surface area contributed by atoms with Crippen molar-refractivity contribution < 1.29 is 9.32 Å². The molecule has 6 nitrogen and oxygen atoms in total. The number of nitrogens with zero attached hydrogens (tertiary/aromatic N) is 3. The van der Waals surface area contributed by atoms with E-state index in [1.807, 2.05) is 67.8 Å². The minimum absolute atomic E-state index is 0.141. The van der Waals surface area contributed by atoms with E-state index in [-0.39, 0.29) is 12.3 Å². The number of fused-ring (bicyclic) bond motifs is 1. The van der Waals surface area contributed by atoms with Crippen molar-refractivity contribution in [1.29, 1.82) is 0 Å². The molecule has 3 heterocycles. The van der Waals surface area contributed by atoms with Crippen LogP contribution in [0.25, 0.3) is 32.9 Å². The van der Waals surface area contributed by atoms with Crippen LogP contribution < -0.4 is 5.32 Å². The van der Waals surface area contributed by atoms with Gasteiger partial charge in [0.25, 0.3) is 0 Å². The Morgan fingerprint density at radius 1 is 1.06 bits per heavy atom. The number of thiazole rings is 1. The number of anilines is 1. The maximum atomic E-state index is 12.7. The molecule has 7 heteroatoms. The first-order chi connectivity index (χ1) is 15.6. The van der Waals surface area contributed by atoms with E-state index in [0.29, 0.717) is 17.0 Å². The van der Waals surface area contributed by atoms with Gasteiger partial charge in [-0.2, -0.15) is 0 Å². The Hall–Kier alpha value is -3.84. The molecule has 3 aromatic heterocycles. The van der Waals surface area contributed by atoms with E-state index in [2.05, 4.69) is 21.5 Å². The fraction of sp³-hybridized carbons (Fsp3) is 0.120. The zero-order chi connectivity index (χ0) is 22.1. The molecule has 0 saturated heterocycles. The lowest BCUT2D eigenvalue weighted by molar-refractivity contribution is -0.115. The Kier molecular flexibility index (Phi) is 5.25. The summed E-state index contributed by atoms with van der Waals surface area (Å²) >= 11 is 1.54. The van der Waals surface area contributed by atoms with Crippen molar-refractivity contribution in [2.24, 2.45) is 0 Å². The summed E-state index contributed by atoms with van der Waals surface area (Å²) in [6.07, 6.45) is 1.90. The normalized spacial score (nSPS) is 11.1. The van der Waals surface area contributed by atoms with Crippen LogP contribution in [0, 0.1) is 13.8 Å². The molecular formula is C25H20N4O2S. The first-order valence-electron chi connectivity index (χ1n) is 10.2. The Balaban J connectivity index is 1.33. The highest BCUT2D eigenvalue weighted by atomic mass is 32.1. The van der Waals surface area contributed by atoms with Crippen molar-refractivity contribution in [2.75, 3.05) is 5.32 Å². The quantitative estimate of drug-likeness (QED) is 0.373. The van der Waals surface area contributed by atoms with Crippen LogP contribution >= 0.6 is 11.3 Å². The Morgan fingerprint density at radius 3 is 2.81 bits per heavy atom. The molecule has 0 unspecified atom stereocenters. The molecule has 5 rings (SSSR count). The van der Waals surface area contributed by atoms with Gasteiger partial charge in [0, 0.05) is 28.2 Å². The summed E-state index contributed by atoms with van der Waals surface area (Å²) < 4.78 is 5.44. The molecule has 158 valence electrons. The molecule has 32 heavy (non-hydrogen) atoms. The lowest BCUT2D eigenvalue weighted by atomic mass is 10.0. The molecule has 5 aromatic rings.